The molecule has 0 aromatic carbocycles. The molecule has 1 radical (unpaired) electrons. The van der Waals surface area contributed by atoms with Crippen LogP contribution in [0.5, 0.6) is 0 Å². The summed E-state index contributed by atoms with van der Waals surface area (Å²) in [7, 11) is 2.66. The molecule has 0 atom stereocenters. The summed E-state index contributed by atoms with van der Waals surface area (Å²) in [6, 6.07) is 0. The molecule has 0 saturated heterocycles. The third kappa shape index (κ3) is 1.99. The molecule has 3 nitrogen and oxygen atoms in total. The Labute approximate surface area is 95.1 Å². The number of rotatable bonds is 2. The van der Waals surface area contributed by atoms with E-state index in [2.05, 4.69) is 20.7 Å². The molecular formula is C8H6BBrNO2S. The number of halogens is 1. The Hall–Kier alpha value is -0.795. The van der Waals surface area contributed by atoms with Crippen LogP contribution >= 0.6 is 27.3 Å². The molecule has 0 unspecified atom stereocenters. The Balaban J connectivity index is 3.24. The van der Waals surface area contributed by atoms with Crippen molar-refractivity contribution in [1.29, 1.82) is 5.26 Å². The Kier molecular flexibility index (Phi) is 3.73. The van der Waals surface area contributed by atoms with Gasteiger partial charge in [0.1, 0.15) is 0 Å². The Morgan fingerprint density at radius 1 is 1.71 bits per heavy atom. The first-order valence-electron chi connectivity index (χ1n) is 3.71. The summed E-state index contributed by atoms with van der Waals surface area (Å²) in [5, 5.41) is 8.53. The molecule has 71 valence electrons. The van der Waals surface area contributed by atoms with E-state index in [9.17, 15) is 4.79 Å². The number of esters is 1. The van der Waals surface area contributed by atoms with E-state index >= 15 is 0 Å². The molecule has 14 heavy (non-hydrogen) atoms. The number of carbonyl (C=O) groups is 1. The van der Waals surface area contributed by atoms with Crippen molar-refractivity contribution in [3.05, 3.63) is 14.9 Å². The van der Waals surface area contributed by atoms with Crippen LogP contribution in [0.2, 0.25) is 0 Å². The van der Waals surface area contributed by atoms with E-state index < -0.39 is 5.97 Å². The average molecular weight is 271 g/mol. The molecular weight excluding hydrogens is 265 g/mol. The second-order valence-electron chi connectivity index (χ2n) is 2.51. The molecule has 0 aliphatic carbocycles. The largest absolute Gasteiger partial charge is 0.465 e. The van der Waals surface area contributed by atoms with E-state index in [0.717, 1.165) is 9.35 Å². The third-order valence-corrected chi connectivity index (χ3v) is 3.81. The summed E-state index contributed by atoms with van der Waals surface area (Å²) in [6.07, 6.45) is 0. The highest BCUT2D eigenvalue weighted by Gasteiger charge is 2.20. The number of thiophene rings is 1. The molecule has 0 aliphatic heterocycles. The minimum atomic E-state index is -0.411. The molecule has 1 heterocycles. The van der Waals surface area contributed by atoms with E-state index in [1.54, 1.807) is 0 Å². The smallest absolute Gasteiger partial charge is 0.338 e. The monoisotopic (exact) mass is 270 g/mol. The molecule has 1 aromatic rings. The van der Waals surface area contributed by atoms with Gasteiger partial charge in [-0.3, -0.25) is 0 Å². The van der Waals surface area contributed by atoms with E-state index in [1.807, 2.05) is 12.9 Å². The van der Waals surface area contributed by atoms with Gasteiger partial charge in [0.25, 0.3) is 0 Å². The zero-order valence-electron chi connectivity index (χ0n) is 7.63. The molecule has 1 rings (SSSR count). The van der Waals surface area contributed by atoms with E-state index in [1.165, 1.54) is 25.7 Å². The fraction of sp³-hybridized carbons (Fsp3) is 0.250. The molecule has 6 heteroatoms. The normalized spacial score (nSPS) is 9.29. The van der Waals surface area contributed by atoms with Crippen LogP contribution in [0.1, 0.15) is 15.9 Å². The minimum Gasteiger partial charge on any atom is -0.465 e. The maximum atomic E-state index is 11.4. The fourth-order valence-corrected chi connectivity index (χ4v) is 2.64. The number of methoxy groups -OCH3 is 1. The van der Waals surface area contributed by atoms with Crippen molar-refractivity contribution in [2.75, 3.05) is 7.11 Å². The van der Waals surface area contributed by atoms with Crippen LogP contribution in [-0.2, 0) is 4.74 Å². The Morgan fingerprint density at radius 2 is 2.36 bits per heavy atom. The summed E-state index contributed by atoms with van der Waals surface area (Å²) in [5.41, 5.74) is 1.27. The van der Waals surface area contributed by atoms with Crippen LogP contribution in [0, 0.1) is 18.2 Å². The Bertz CT molecular complexity index is 410. The van der Waals surface area contributed by atoms with Gasteiger partial charge in [-0.15, -0.1) is 11.3 Å². The first kappa shape index (κ1) is 11.3. The molecule has 0 N–H and O–H groups in total. The predicted molar refractivity (Wildman–Crippen MR) is 59.1 cm³/mol. The van der Waals surface area contributed by atoms with Gasteiger partial charge in [0, 0.05) is 5.97 Å². The average Bonchev–Trinajstić information content (AvgIpc) is 2.43. The number of nitrogens with zero attached hydrogens (tertiary/aromatic N) is 1. The highest BCUT2D eigenvalue weighted by Crippen LogP contribution is 2.25. The third-order valence-electron chi connectivity index (χ3n) is 1.70. The van der Waals surface area contributed by atoms with E-state index in [0.29, 0.717) is 10.3 Å². The van der Waals surface area contributed by atoms with Gasteiger partial charge in [0.05, 0.1) is 16.5 Å². The zero-order valence-corrected chi connectivity index (χ0v) is 10.0. The second-order valence-corrected chi connectivity index (χ2v) is 4.88. The van der Waals surface area contributed by atoms with E-state index in [-0.39, 0.29) is 0 Å². The number of hydrogen-bond donors (Lipinski definition) is 0. The maximum Gasteiger partial charge on any atom is 0.338 e. The molecule has 0 saturated carbocycles. The van der Waals surface area contributed by atoms with Crippen LogP contribution in [0.3, 0.4) is 0 Å². The molecule has 0 bridgehead atoms. The standard InChI is InChI=1S/C8H6BBrNO2S/c1-4-5(8(12)13-2)6(9-3-11)14-7(4)10/h1-2H3. The quantitative estimate of drug-likeness (QED) is 0.603. The lowest BCUT2D eigenvalue weighted by Gasteiger charge is -1.99. The number of ether oxygens (including phenoxy) is 1. The first-order chi connectivity index (χ1) is 6.61. The number of carbonyl (C=O) groups excluding carboxylic acids is 1. The van der Waals surface area contributed by atoms with Crippen molar-refractivity contribution in [2.24, 2.45) is 0 Å². The zero-order chi connectivity index (χ0) is 10.7. The topological polar surface area (TPSA) is 50.1 Å². The van der Waals surface area contributed by atoms with Crippen molar-refractivity contribution < 1.29 is 9.53 Å². The van der Waals surface area contributed by atoms with Crippen molar-refractivity contribution in [3.8, 4) is 5.97 Å². The van der Waals surface area contributed by atoms with Gasteiger partial charge in [-0.05, 0) is 33.2 Å². The number of hydrogen-bond acceptors (Lipinski definition) is 4. The van der Waals surface area contributed by atoms with Crippen LogP contribution in [0.15, 0.2) is 3.79 Å². The van der Waals surface area contributed by atoms with Gasteiger partial charge in [0.15, 0.2) is 0 Å². The SMILES string of the molecule is COC(=O)c1c([B]C#N)sc(Br)c1C. The lowest BCUT2D eigenvalue weighted by Crippen LogP contribution is -2.19. The van der Waals surface area contributed by atoms with Crippen molar-refractivity contribution >= 4 is 45.3 Å². The summed E-state index contributed by atoms with van der Waals surface area (Å²) >= 11 is 4.66. The lowest BCUT2D eigenvalue weighted by molar-refractivity contribution is 0.0602. The molecule has 0 aliphatic rings. The van der Waals surface area contributed by atoms with Gasteiger partial charge in [0.2, 0.25) is 0 Å². The van der Waals surface area contributed by atoms with Crippen molar-refractivity contribution in [3.63, 3.8) is 0 Å². The van der Waals surface area contributed by atoms with Gasteiger partial charge < -0.3 is 4.74 Å². The van der Waals surface area contributed by atoms with Gasteiger partial charge >= 0.3 is 13.2 Å². The Morgan fingerprint density at radius 3 is 2.86 bits per heavy atom. The van der Waals surface area contributed by atoms with Crippen molar-refractivity contribution in [2.45, 2.75) is 6.92 Å². The molecule has 0 spiro atoms. The maximum absolute atomic E-state index is 11.4. The summed E-state index contributed by atoms with van der Waals surface area (Å²) in [5.74, 6) is 1.49. The van der Waals surface area contributed by atoms with E-state index in [4.69, 9.17) is 5.26 Å². The van der Waals surface area contributed by atoms with Crippen LogP contribution in [-0.4, -0.2) is 20.4 Å². The summed E-state index contributed by atoms with van der Waals surface area (Å²) < 4.78 is 6.11. The van der Waals surface area contributed by atoms with Gasteiger partial charge in [-0.25, -0.2) is 10.1 Å². The fourth-order valence-electron chi connectivity index (χ4n) is 1.02. The minimum absolute atomic E-state index is 0.411. The van der Waals surface area contributed by atoms with Crippen LogP contribution in [0.25, 0.3) is 0 Å². The first-order valence-corrected chi connectivity index (χ1v) is 5.32. The molecule has 0 fully saturated rings. The molecule has 0 amide bonds. The van der Waals surface area contributed by atoms with Crippen molar-refractivity contribution in [1.82, 2.24) is 0 Å². The highest BCUT2D eigenvalue weighted by molar-refractivity contribution is 9.11. The lowest BCUT2D eigenvalue weighted by atomic mass is 9.77. The second kappa shape index (κ2) is 4.62. The highest BCUT2D eigenvalue weighted by atomic mass is 79.9. The summed E-state index contributed by atoms with van der Waals surface area (Å²) in [4.78, 5) is 11.4. The van der Waals surface area contributed by atoms with Crippen LogP contribution < -0.4 is 4.78 Å². The van der Waals surface area contributed by atoms with Gasteiger partial charge in [-0.2, -0.15) is 0 Å². The molecule has 1 aromatic heterocycles. The predicted octanol–water partition coefficient (Wildman–Crippen LogP) is 1.42. The summed E-state index contributed by atoms with van der Waals surface area (Å²) in [6.45, 7) is 1.81. The van der Waals surface area contributed by atoms with Crippen LogP contribution in [0.4, 0.5) is 0 Å². The van der Waals surface area contributed by atoms with Gasteiger partial charge in [-0.1, -0.05) is 0 Å². The number of nitriles is 1.